The molecule has 1 saturated heterocycles. The molecule has 0 spiro atoms. The summed E-state index contributed by atoms with van der Waals surface area (Å²) >= 11 is 0. The van der Waals surface area contributed by atoms with Gasteiger partial charge in [0.1, 0.15) is 0 Å². The maximum absolute atomic E-state index is 15.7. The minimum atomic E-state index is -1.54. The fourth-order valence-corrected chi connectivity index (χ4v) is 18.6. The third-order valence-electron chi connectivity index (χ3n) is 25.7. The first-order valence-corrected chi connectivity index (χ1v) is 42.5. The van der Waals surface area contributed by atoms with E-state index in [1.165, 1.54) is 0 Å². The summed E-state index contributed by atoms with van der Waals surface area (Å²) in [6.07, 6.45) is 5.12. The number of nitrogens with one attached hydrogen (secondary N) is 1. The van der Waals surface area contributed by atoms with Crippen molar-refractivity contribution in [3.8, 4) is 0 Å². The van der Waals surface area contributed by atoms with Crippen molar-refractivity contribution < 1.29 is 66.7 Å². The summed E-state index contributed by atoms with van der Waals surface area (Å²) in [6.45, 7) is 17.1. The second-order valence-electron chi connectivity index (χ2n) is 33.9. The highest BCUT2D eigenvalue weighted by Gasteiger charge is 2.67. The van der Waals surface area contributed by atoms with Crippen molar-refractivity contribution in [1.82, 2.24) is 5.32 Å². The number of aliphatic imine (C=N–C) groups is 3. The lowest BCUT2D eigenvalue weighted by Crippen LogP contribution is -2.55. The summed E-state index contributed by atoms with van der Waals surface area (Å²) in [5, 5.41) is 3.97. The highest BCUT2D eigenvalue weighted by molar-refractivity contribution is 6.10. The number of fused-ring (bicyclic) bond motifs is 6. The number of ether oxygens (including phenoxy) is 7. The first kappa shape index (κ1) is 87.2. The Morgan fingerprint density at radius 1 is 0.378 bits per heavy atom. The Morgan fingerprint density at radius 3 is 1.10 bits per heavy atom. The van der Waals surface area contributed by atoms with E-state index in [4.69, 9.17) is 48.1 Å². The van der Waals surface area contributed by atoms with Gasteiger partial charge in [0.25, 0.3) is 0 Å². The number of rotatable bonds is 39. The molecule has 624 valence electrons. The molecule has 0 radical (unpaired) electrons. The Kier molecular flexibility index (Phi) is 29.7. The molecule has 0 saturated carbocycles. The molecule has 1 unspecified atom stereocenters. The van der Waals surface area contributed by atoms with Gasteiger partial charge in [-0.1, -0.05) is 247 Å². The van der Waals surface area contributed by atoms with E-state index in [0.29, 0.717) is 90.3 Å². The summed E-state index contributed by atoms with van der Waals surface area (Å²) < 4.78 is 43.5. The van der Waals surface area contributed by atoms with Crippen LogP contribution >= 0.6 is 0 Å². The van der Waals surface area contributed by atoms with Crippen LogP contribution in [0.3, 0.4) is 0 Å². The summed E-state index contributed by atoms with van der Waals surface area (Å²) in [5.41, 5.74) is 5.59. The summed E-state index contributed by atoms with van der Waals surface area (Å²) in [4.78, 5) is 123. The number of carbonyl (C=O) groups excluding carboxylic acids is 7. The first-order chi connectivity index (χ1) is 57.4. The van der Waals surface area contributed by atoms with Gasteiger partial charge in [0, 0.05) is 150 Å². The topological polar surface area (TPSA) is 233 Å². The number of nitrogens with zero attached hydrogens (tertiary/aromatic N) is 3. The summed E-state index contributed by atoms with van der Waals surface area (Å²) in [5.74, 6) is -6.07. The second-order valence-corrected chi connectivity index (χ2v) is 33.9. The summed E-state index contributed by atoms with van der Waals surface area (Å²) in [6, 6.07) is 67.7. The Balaban J connectivity index is 1.05. The quantitative estimate of drug-likeness (QED) is 0.0279. The monoisotopic (exact) mass is 1610 g/mol. The van der Waals surface area contributed by atoms with Gasteiger partial charge in [-0.25, -0.2) is 0 Å². The van der Waals surface area contributed by atoms with E-state index in [1.54, 1.807) is 0 Å². The largest absolute Gasteiger partial charge is 0.465 e. The lowest BCUT2D eigenvalue weighted by molar-refractivity contribution is -0.150. The van der Waals surface area contributed by atoms with Crippen molar-refractivity contribution in [2.45, 2.75) is 183 Å². The Hall–Kier alpha value is -11.1. The van der Waals surface area contributed by atoms with E-state index in [9.17, 15) is 19.2 Å². The molecule has 0 aromatic heterocycles. The maximum atomic E-state index is 15.7. The Labute approximate surface area is 701 Å². The van der Waals surface area contributed by atoms with E-state index < -0.39 is 92.7 Å². The molecule has 5 aliphatic heterocycles. The SMILES string of the molecule is CC1=C2NC(=CC3=N/C(=C(/C)C4=NC([C@H](CC(=O)OCCc5ccccc5)[C@@]4(C)CCC(=O)OCCc4ccccc4)[C@]4(C)N=C1[C@@H](CCC(=O)OCCc1ccccc1)[C@]4(C)CC(=O)OCCc1ccccc1)[C@@H](CCC(=O)OCCc1ccccc1)C3(C)C)[C@@H](CCC(=O)OCCc1ccccc1)[C@]2(C)CC(=O)OCCc1ccccc1. The lowest BCUT2D eigenvalue weighted by atomic mass is 9.55. The number of hydrogen-bond donors (Lipinski definition) is 1. The molecule has 0 amide bonds. The van der Waals surface area contributed by atoms with Gasteiger partial charge in [0.2, 0.25) is 0 Å². The van der Waals surface area contributed by atoms with Crippen molar-refractivity contribution in [3.05, 3.63) is 286 Å². The third-order valence-corrected chi connectivity index (χ3v) is 25.7. The zero-order valence-electron chi connectivity index (χ0n) is 70.4. The minimum absolute atomic E-state index is 0.0127. The van der Waals surface area contributed by atoms with Crippen LogP contribution in [0.4, 0.5) is 0 Å². The van der Waals surface area contributed by atoms with Gasteiger partial charge in [-0.2, -0.15) is 0 Å². The van der Waals surface area contributed by atoms with Crippen molar-refractivity contribution >= 4 is 58.9 Å². The van der Waals surface area contributed by atoms with E-state index in [1.807, 2.05) is 253 Å². The number of carbonyl (C=O) groups is 7. The second kappa shape index (κ2) is 40.5. The van der Waals surface area contributed by atoms with Crippen LogP contribution in [0.25, 0.3) is 0 Å². The van der Waals surface area contributed by atoms with E-state index in [2.05, 4.69) is 26.1 Å². The van der Waals surface area contributed by atoms with Gasteiger partial charge < -0.3 is 38.5 Å². The number of hydrogen-bond acceptors (Lipinski definition) is 18. The van der Waals surface area contributed by atoms with Gasteiger partial charge in [0.05, 0.1) is 77.1 Å². The Morgan fingerprint density at radius 2 is 0.714 bits per heavy atom. The summed E-state index contributed by atoms with van der Waals surface area (Å²) in [7, 11) is 0. The van der Waals surface area contributed by atoms with Crippen molar-refractivity contribution in [1.29, 1.82) is 0 Å². The number of benzene rings is 7. The van der Waals surface area contributed by atoms with Crippen molar-refractivity contribution in [2.75, 3.05) is 46.2 Å². The first-order valence-electron chi connectivity index (χ1n) is 42.5. The molecule has 5 heterocycles. The normalized spacial score (nSPS) is 23.3. The fraction of sp³-hybridized carbons (Fsp3) is 0.426. The predicted octanol–water partition coefficient (Wildman–Crippen LogP) is 17.8. The molecule has 9 atom stereocenters. The van der Waals surface area contributed by atoms with Crippen LogP contribution in [0.5, 0.6) is 0 Å². The molecule has 7 aromatic rings. The predicted molar refractivity (Wildman–Crippen MR) is 462 cm³/mol. The molecule has 119 heavy (non-hydrogen) atoms. The number of esters is 7. The van der Waals surface area contributed by atoms with E-state index >= 15 is 14.4 Å². The van der Waals surface area contributed by atoms with Crippen molar-refractivity contribution in [3.63, 3.8) is 0 Å². The van der Waals surface area contributed by atoms with Crippen LogP contribution in [0.1, 0.15) is 165 Å². The molecule has 8 bridgehead atoms. The molecule has 12 rings (SSSR count). The van der Waals surface area contributed by atoms with Crippen LogP contribution in [-0.4, -0.2) is 117 Å². The molecular weight excluding hydrogens is 1490 g/mol. The van der Waals surface area contributed by atoms with Gasteiger partial charge in [-0.3, -0.25) is 48.5 Å². The highest BCUT2D eigenvalue weighted by atomic mass is 16.6. The van der Waals surface area contributed by atoms with Gasteiger partial charge in [-0.15, -0.1) is 0 Å². The number of allylic oxidation sites excluding steroid dienone is 6. The lowest BCUT2D eigenvalue weighted by Gasteiger charge is -2.48. The van der Waals surface area contributed by atoms with Gasteiger partial charge in [0.15, 0.2) is 0 Å². The Bertz CT molecular complexity index is 4850. The van der Waals surface area contributed by atoms with Crippen molar-refractivity contribution in [2.24, 2.45) is 60.3 Å². The highest BCUT2D eigenvalue weighted by Crippen LogP contribution is 2.63. The minimum Gasteiger partial charge on any atom is -0.465 e. The zero-order valence-corrected chi connectivity index (χ0v) is 70.4. The van der Waals surface area contributed by atoms with Gasteiger partial charge in [-0.05, 0) is 103 Å². The van der Waals surface area contributed by atoms with Crippen LogP contribution < -0.4 is 5.32 Å². The molecule has 5 aliphatic rings. The molecule has 18 heteroatoms. The van der Waals surface area contributed by atoms with Crippen LogP contribution in [0.15, 0.2) is 262 Å². The third kappa shape index (κ3) is 21.9. The molecular formula is C101H116N4O14. The van der Waals surface area contributed by atoms with Crippen LogP contribution in [-0.2, 0) is 112 Å². The zero-order chi connectivity index (χ0) is 84.0. The van der Waals surface area contributed by atoms with Crippen LogP contribution in [0, 0.1) is 45.3 Å². The molecule has 7 aromatic carbocycles. The average Bonchev–Trinajstić information content (AvgIpc) is 1.53. The van der Waals surface area contributed by atoms with Gasteiger partial charge >= 0.3 is 41.8 Å². The smallest absolute Gasteiger partial charge is 0.306 e. The fourth-order valence-electron chi connectivity index (χ4n) is 18.6. The molecule has 1 fully saturated rings. The van der Waals surface area contributed by atoms with E-state index in [-0.39, 0.29) is 123 Å². The maximum Gasteiger partial charge on any atom is 0.306 e. The molecule has 18 nitrogen and oxygen atoms in total. The molecule has 1 N–H and O–H groups in total. The average molecular weight is 1610 g/mol. The van der Waals surface area contributed by atoms with Crippen LogP contribution in [0.2, 0.25) is 0 Å². The molecule has 0 aliphatic carbocycles. The standard InChI is InChI=1S/C101H116N4O14/c1-70-92-80(45-48-86(107)114-60-52-73-32-18-10-19-33-73)97(3,4)84(103-92)67-83-79(44-47-85(106)113-59-51-72-30-16-9-17-31-72)99(6,68-90(111)118-64-56-77-40-26-14-27-41-77)95(102-83)71(2)93-81(46-49-87(108)115-61-53-74-34-20-11-21-35-74)100(7,69-91(112)119-65-57-78-42-28-15-29-43-78)101(8,105-93)96-82(66-89(110)117-63-55-76-38-24-13-25-39-76)98(5,94(70)104-96)58-50-88(109)116-62-54-75-36-22-12-23-37-75/h9-43,67,79-82,96,102H,44-66,68-69H2,1-8H3/b83-67?,92-70-,95-71?/t79-,80-,81-,82+,96?,98-,99+,100+,101+/m1/s1. The van der Waals surface area contributed by atoms with E-state index in [0.717, 1.165) is 38.9 Å².